The van der Waals surface area contributed by atoms with Crippen molar-refractivity contribution in [2.45, 2.75) is 18.9 Å². The Hall–Kier alpha value is -1.29. The summed E-state index contributed by atoms with van der Waals surface area (Å²) in [6, 6.07) is 5.01. The van der Waals surface area contributed by atoms with Crippen LogP contribution in [0, 0.1) is 5.82 Å². The van der Waals surface area contributed by atoms with E-state index in [0.717, 1.165) is 12.8 Å². The van der Waals surface area contributed by atoms with Crippen molar-refractivity contribution >= 4 is 5.69 Å². The van der Waals surface area contributed by atoms with Gasteiger partial charge in [0.1, 0.15) is 23.9 Å². The summed E-state index contributed by atoms with van der Waals surface area (Å²) in [5.74, 6) is 0.337. The first-order valence-electron chi connectivity index (χ1n) is 5.19. The van der Waals surface area contributed by atoms with E-state index >= 15 is 0 Å². The lowest BCUT2D eigenvalue weighted by Gasteiger charge is -2.27. The maximum absolute atomic E-state index is 13.4. The van der Waals surface area contributed by atoms with Crippen molar-refractivity contribution in [2.24, 2.45) is 5.73 Å². The number of benzene rings is 1. The number of para-hydroxylation sites is 1. The summed E-state index contributed by atoms with van der Waals surface area (Å²) in [6.45, 7) is 1.23. The predicted octanol–water partition coefficient (Wildman–Crippen LogP) is 1.74. The third kappa shape index (κ3) is 2.21. The molecule has 1 atom stereocenters. The first kappa shape index (κ1) is 10.2. The van der Waals surface area contributed by atoms with Crippen LogP contribution in [-0.4, -0.2) is 19.2 Å². The highest BCUT2D eigenvalue weighted by Crippen LogP contribution is 2.31. The fourth-order valence-electron chi connectivity index (χ4n) is 1.72. The fourth-order valence-corrected chi connectivity index (χ4v) is 1.72. The second kappa shape index (κ2) is 4.49. The van der Waals surface area contributed by atoms with E-state index in [2.05, 4.69) is 5.32 Å². The number of anilines is 1. The maximum atomic E-state index is 13.4. The maximum Gasteiger partial charge on any atom is 0.150 e. The zero-order chi connectivity index (χ0) is 10.7. The third-order valence-corrected chi connectivity index (χ3v) is 2.52. The lowest BCUT2D eigenvalue weighted by atomic mass is 10.1. The fraction of sp³-hybridized carbons (Fsp3) is 0.455. The lowest BCUT2D eigenvalue weighted by Crippen LogP contribution is -2.32. The minimum Gasteiger partial charge on any atom is -0.489 e. The van der Waals surface area contributed by atoms with E-state index in [0.29, 0.717) is 24.6 Å². The minimum atomic E-state index is -0.259. The van der Waals surface area contributed by atoms with Gasteiger partial charge in [-0.15, -0.1) is 0 Å². The first-order valence-corrected chi connectivity index (χ1v) is 5.19. The number of rotatable bonds is 3. The van der Waals surface area contributed by atoms with Gasteiger partial charge in [-0.2, -0.15) is 0 Å². The average Bonchev–Trinajstić information content (AvgIpc) is 2.27. The van der Waals surface area contributed by atoms with Crippen LogP contribution in [0.15, 0.2) is 18.2 Å². The summed E-state index contributed by atoms with van der Waals surface area (Å²) >= 11 is 0. The van der Waals surface area contributed by atoms with Crippen molar-refractivity contribution in [3.05, 3.63) is 24.0 Å². The molecule has 0 amide bonds. The van der Waals surface area contributed by atoms with E-state index in [9.17, 15) is 4.39 Å². The molecule has 0 spiro atoms. The van der Waals surface area contributed by atoms with Gasteiger partial charge in [0.05, 0.1) is 6.04 Å². The number of fused-ring (bicyclic) bond motifs is 1. The average molecular weight is 210 g/mol. The topological polar surface area (TPSA) is 47.3 Å². The predicted molar refractivity (Wildman–Crippen MR) is 57.6 cm³/mol. The molecule has 0 saturated heterocycles. The minimum absolute atomic E-state index is 0.165. The smallest absolute Gasteiger partial charge is 0.150 e. The molecule has 82 valence electrons. The molecule has 1 aliphatic heterocycles. The normalized spacial score (nSPS) is 18.9. The van der Waals surface area contributed by atoms with Crippen LogP contribution in [0.4, 0.5) is 10.1 Å². The second-order valence-electron chi connectivity index (χ2n) is 3.70. The van der Waals surface area contributed by atoms with Gasteiger partial charge in [-0.3, -0.25) is 0 Å². The molecule has 1 aromatic rings. The quantitative estimate of drug-likeness (QED) is 0.798. The van der Waals surface area contributed by atoms with Crippen LogP contribution in [0.1, 0.15) is 12.8 Å². The van der Waals surface area contributed by atoms with E-state index in [4.69, 9.17) is 10.5 Å². The number of hydrogen-bond acceptors (Lipinski definition) is 3. The van der Waals surface area contributed by atoms with Crippen LogP contribution >= 0.6 is 0 Å². The summed E-state index contributed by atoms with van der Waals surface area (Å²) in [5.41, 5.74) is 5.91. The molecular weight excluding hydrogens is 195 g/mol. The molecule has 15 heavy (non-hydrogen) atoms. The van der Waals surface area contributed by atoms with Crippen molar-refractivity contribution in [1.82, 2.24) is 0 Å². The van der Waals surface area contributed by atoms with Gasteiger partial charge in [0, 0.05) is 0 Å². The van der Waals surface area contributed by atoms with Crippen molar-refractivity contribution in [2.75, 3.05) is 18.5 Å². The Kier molecular flexibility index (Phi) is 3.06. The van der Waals surface area contributed by atoms with E-state index in [1.807, 2.05) is 0 Å². The summed E-state index contributed by atoms with van der Waals surface area (Å²) < 4.78 is 18.9. The molecule has 2 rings (SSSR count). The van der Waals surface area contributed by atoms with Crippen LogP contribution in [-0.2, 0) is 0 Å². The molecule has 0 saturated carbocycles. The molecule has 0 fully saturated rings. The Labute approximate surface area is 88.4 Å². The highest BCUT2D eigenvalue weighted by atomic mass is 19.1. The van der Waals surface area contributed by atoms with Gasteiger partial charge in [-0.25, -0.2) is 4.39 Å². The third-order valence-electron chi connectivity index (χ3n) is 2.52. The Bertz CT molecular complexity index is 343. The Morgan fingerprint density at radius 1 is 1.53 bits per heavy atom. The lowest BCUT2D eigenvalue weighted by molar-refractivity contribution is 0.275. The molecule has 1 heterocycles. The van der Waals surface area contributed by atoms with Gasteiger partial charge in [0.15, 0.2) is 0 Å². The first-order chi connectivity index (χ1) is 7.31. The molecule has 1 unspecified atom stereocenters. The van der Waals surface area contributed by atoms with Gasteiger partial charge < -0.3 is 15.8 Å². The summed E-state index contributed by atoms with van der Waals surface area (Å²) in [6.07, 6.45) is 1.83. The van der Waals surface area contributed by atoms with Gasteiger partial charge in [0.2, 0.25) is 0 Å². The molecule has 1 aromatic carbocycles. The number of halogens is 1. The van der Waals surface area contributed by atoms with Gasteiger partial charge >= 0.3 is 0 Å². The largest absolute Gasteiger partial charge is 0.489 e. The van der Waals surface area contributed by atoms with E-state index in [1.165, 1.54) is 6.07 Å². The van der Waals surface area contributed by atoms with Crippen molar-refractivity contribution in [3.63, 3.8) is 0 Å². The summed E-state index contributed by atoms with van der Waals surface area (Å²) in [4.78, 5) is 0. The van der Waals surface area contributed by atoms with E-state index < -0.39 is 0 Å². The Morgan fingerprint density at radius 2 is 2.40 bits per heavy atom. The van der Waals surface area contributed by atoms with Gasteiger partial charge in [-0.1, -0.05) is 6.07 Å². The summed E-state index contributed by atoms with van der Waals surface area (Å²) in [5, 5.41) is 3.14. The highest BCUT2D eigenvalue weighted by Gasteiger charge is 2.20. The van der Waals surface area contributed by atoms with Crippen molar-refractivity contribution in [3.8, 4) is 5.75 Å². The van der Waals surface area contributed by atoms with Gasteiger partial charge in [-0.05, 0) is 31.5 Å². The zero-order valence-electron chi connectivity index (χ0n) is 8.50. The number of nitrogens with two attached hydrogens (primary N) is 1. The van der Waals surface area contributed by atoms with Crippen molar-refractivity contribution in [1.29, 1.82) is 0 Å². The van der Waals surface area contributed by atoms with Crippen LogP contribution in [0.5, 0.6) is 5.75 Å². The van der Waals surface area contributed by atoms with Crippen LogP contribution < -0.4 is 15.8 Å². The molecule has 4 heteroatoms. The van der Waals surface area contributed by atoms with Gasteiger partial charge in [0.25, 0.3) is 0 Å². The SMILES string of the molecule is NCCCC1COc2cccc(F)c2N1. The molecule has 0 aliphatic carbocycles. The molecule has 1 aliphatic rings. The number of ether oxygens (including phenoxy) is 1. The zero-order valence-corrected chi connectivity index (χ0v) is 8.50. The Balaban J connectivity index is 2.08. The van der Waals surface area contributed by atoms with E-state index in [-0.39, 0.29) is 11.9 Å². The van der Waals surface area contributed by atoms with Crippen LogP contribution in [0.3, 0.4) is 0 Å². The number of hydrogen-bond donors (Lipinski definition) is 2. The van der Waals surface area contributed by atoms with Crippen LogP contribution in [0.2, 0.25) is 0 Å². The molecule has 3 N–H and O–H groups in total. The second-order valence-corrected chi connectivity index (χ2v) is 3.70. The van der Waals surface area contributed by atoms with E-state index in [1.54, 1.807) is 12.1 Å². The molecule has 0 bridgehead atoms. The molecular formula is C11H15FN2O. The summed E-state index contributed by atoms with van der Waals surface area (Å²) in [7, 11) is 0. The monoisotopic (exact) mass is 210 g/mol. The highest BCUT2D eigenvalue weighted by molar-refractivity contribution is 5.59. The molecule has 3 nitrogen and oxygen atoms in total. The standard InChI is InChI=1S/C11H15FN2O/c12-9-4-1-5-10-11(9)14-8(7-15-10)3-2-6-13/h1,4-5,8,14H,2-3,6-7,13H2. The Morgan fingerprint density at radius 3 is 3.20 bits per heavy atom. The molecule has 0 radical (unpaired) electrons. The van der Waals surface area contributed by atoms with Crippen molar-refractivity contribution < 1.29 is 9.13 Å². The number of nitrogens with one attached hydrogen (secondary N) is 1. The van der Waals surface area contributed by atoms with Crippen LogP contribution in [0.25, 0.3) is 0 Å². The molecule has 0 aromatic heterocycles.